The minimum atomic E-state index is 0.787. The minimum absolute atomic E-state index is 0.787. The number of nitrogens with one attached hydrogen (secondary N) is 1. The highest BCUT2D eigenvalue weighted by molar-refractivity contribution is 5.06. The molecule has 3 rings (SSSR count). The lowest BCUT2D eigenvalue weighted by molar-refractivity contribution is 0.213. The standard InChI is InChI=1S/C13H21N3O/c1-14-7-11-6-13(17-15-11)9-16(12-4-5-12)8-10-2-3-10/h6,10,12,14H,2-5,7-9H2,1H3. The van der Waals surface area contributed by atoms with E-state index < -0.39 is 0 Å². The number of rotatable bonds is 7. The first-order chi connectivity index (χ1) is 8.35. The van der Waals surface area contributed by atoms with Crippen LogP contribution in [0.5, 0.6) is 0 Å². The Bertz CT molecular complexity index is 368. The van der Waals surface area contributed by atoms with Gasteiger partial charge < -0.3 is 9.84 Å². The summed E-state index contributed by atoms with van der Waals surface area (Å²) in [6.45, 7) is 2.99. The summed E-state index contributed by atoms with van der Waals surface area (Å²) < 4.78 is 5.40. The topological polar surface area (TPSA) is 41.3 Å². The average molecular weight is 235 g/mol. The van der Waals surface area contributed by atoms with Crippen LogP contribution in [0.3, 0.4) is 0 Å². The zero-order valence-corrected chi connectivity index (χ0v) is 10.5. The molecule has 0 atom stereocenters. The lowest BCUT2D eigenvalue weighted by atomic mass is 10.3. The van der Waals surface area contributed by atoms with Gasteiger partial charge in [-0.3, -0.25) is 4.90 Å². The van der Waals surface area contributed by atoms with Gasteiger partial charge in [0.05, 0.1) is 12.2 Å². The third-order valence-electron chi connectivity index (χ3n) is 3.58. The number of hydrogen-bond donors (Lipinski definition) is 1. The molecule has 1 N–H and O–H groups in total. The SMILES string of the molecule is CNCc1cc(CN(CC2CC2)C2CC2)on1. The van der Waals surface area contributed by atoms with Crippen LogP contribution in [0.1, 0.15) is 37.1 Å². The molecule has 0 amide bonds. The van der Waals surface area contributed by atoms with Gasteiger partial charge in [-0.05, 0) is 38.6 Å². The molecule has 4 heteroatoms. The lowest BCUT2D eigenvalue weighted by Gasteiger charge is -2.19. The van der Waals surface area contributed by atoms with Gasteiger partial charge >= 0.3 is 0 Å². The molecular weight excluding hydrogens is 214 g/mol. The van der Waals surface area contributed by atoms with Crippen LogP contribution in [-0.2, 0) is 13.1 Å². The van der Waals surface area contributed by atoms with E-state index in [0.717, 1.165) is 36.5 Å². The van der Waals surface area contributed by atoms with Crippen LogP contribution >= 0.6 is 0 Å². The van der Waals surface area contributed by atoms with E-state index in [-0.39, 0.29) is 0 Å². The van der Waals surface area contributed by atoms with Crippen molar-refractivity contribution < 1.29 is 4.52 Å². The molecule has 4 nitrogen and oxygen atoms in total. The van der Waals surface area contributed by atoms with Crippen molar-refractivity contribution in [1.82, 2.24) is 15.4 Å². The molecular formula is C13H21N3O. The molecule has 0 aromatic carbocycles. The summed E-state index contributed by atoms with van der Waals surface area (Å²) in [5.74, 6) is 1.97. The number of hydrogen-bond acceptors (Lipinski definition) is 4. The summed E-state index contributed by atoms with van der Waals surface area (Å²) in [6, 6.07) is 2.90. The van der Waals surface area contributed by atoms with Crippen molar-refractivity contribution in [3.63, 3.8) is 0 Å². The normalized spacial score (nSPS) is 20.1. The van der Waals surface area contributed by atoms with Gasteiger partial charge in [-0.2, -0.15) is 0 Å². The van der Waals surface area contributed by atoms with Gasteiger partial charge in [-0.15, -0.1) is 0 Å². The van der Waals surface area contributed by atoms with Gasteiger partial charge in [0.2, 0.25) is 0 Å². The number of aromatic nitrogens is 1. The van der Waals surface area contributed by atoms with E-state index in [9.17, 15) is 0 Å². The zero-order valence-electron chi connectivity index (χ0n) is 10.5. The van der Waals surface area contributed by atoms with Gasteiger partial charge in [-0.1, -0.05) is 5.16 Å². The molecule has 2 aliphatic carbocycles. The number of nitrogens with zero attached hydrogens (tertiary/aromatic N) is 2. The third kappa shape index (κ3) is 3.07. The van der Waals surface area contributed by atoms with E-state index in [1.165, 1.54) is 32.2 Å². The van der Waals surface area contributed by atoms with E-state index in [1.54, 1.807) is 0 Å². The van der Waals surface area contributed by atoms with Crippen molar-refractivity contribution in [3.05, 3.63) is 17.5 Å². The van der Waals surface area contributed by atoms with Gasteiger partial charge in [0, 0.05) is 25.2 Å². The quantitative estimate of drug-likeness (QED) is 0.782. The summed E-state index contributed by atoms with van der Waals surface area (Å²) >= 11 is 0. The molecule has 0 radical (unpaired) electrons. The maximum Gasteiger partial charge on any atom is 0.151 e. The Morgan fingerprint density at radius 3 is 2.88 bits per heavy atom. The zero-order chi connectivity index (χ0) is 11.7. The molecule has 2 aliphatic rings. The second-order valence-corrected chi connectivity index (χ2v) is 5.42. The molecule has 1 aromatic rings. The Labute approximate surface area is 102 Å². The smallest absolute Gasteiger partial charge is 0.151 e. The van der Waals surface area contributed by atoms with Crippen LogP contribution in [0.15, 0.2) is 10.6 Å². The summed E-state index contributed by atoms with van der Waals surface area (Å²) in [4.78, 5) is 2.58. The van der Waals surface area contributed by atoms with Crippen molar-refractivity contribution in [2.24, 2.45) is 5.92 Å². The Morgan fingerprint density at radius 2 is 2.24 bits per heavy atom. The second-order valence-electron chi connectivity index (χ2n) is 5.42. The van der Waals surface area contributed by atoms with Crippen LogP contribution in [0, 0.1) is 5.92 Å². The van der Waals surface area contributed by atoms with Crippen LogP contribution in [-0.4, -0.2) is 29.7 Å². The first kappa shape index (κ1) is 11.2. The lowest BCUT2D eigenvalue weighted by Crippen LogP contribution is -2.27. The highest BCUT2D eigenvalue weighted by Crippen LogP contribution is 2.35. The third-order valence-corrected chi connectivity index (χ3v) is 3.58. The minimum Gasteiger partial charge on any atom is -0.360 e. The molecule has 2 fully saturated rings. The molecule has 17 heavy (non-hydrogen) atoms. The Kier molecular flexibility index (Phi) is 3.16. The molecule has 0 bridgehead atoms. The van der Waals surface area contributed by atoms with Crippen molar-refractivity contribution in [3.8, 4) is 0 Å². The van der Waals surface area contributed by atoms with Gasteiger partial charge in [-0.25, -0.2) is 0 Å². The fourth-order valence-electron chi connectivity index (χ4n) is 2.31. The molecule has 0 spiro atoms. The Hall–Kier alpha value is -0.870. The maximum atomic E-state index is 5.40. The van der Waals surface area contributed by atoms with Crippen LogP contribution < -0.4 is 5.32 Å². The highest BCUT2D eigenvalue weighted by Gasteiger charge is 2.34. The van der Waals surface area contributed by atoms with Crippen molar-refractivity contribution >= 4 is 0 Å². The second kappa shape index (κ2) is 4.78. The summed E-state index contributed by atoms with van der Waals surface area (Å²) in [7, 11) is 1.93. The molecule has 1 heterocycles. The monoisotopic (exact) mass is 235 g/mol. The molecule has 0 saturated heterocycles. The van der Waals surface area contributed by atoms with E-state index in [4.69, 9.17) is 4.52 Å². The molecule has 0 aliphatic heterocycles. The fraction of sp³-hybridized carbons (Fsp3) is 0.769. The van der Waals surface area contributed by atoms with Crippen molar-refractivity contribution in [2.45, 2.75) is 44.8 Å². The van der Waals surface area contributed by atoms with Crippen LogP contribution in [0.2, 0.25) is 0 Å². The van der Waals surface area contributed by atoms with Crippen molar-refractivity contribution in [1.29, 1.82) is 0 Å². The van der Waals surface area contributed by atoms with Crippen LogP contribution in [0.4, 0.5) is 0 Å². The van der Waals surface area contributed by atoms with E-state index in [2.05, 4.69) is 21.4 Å². The maximum absolute atomic E-state index is 5.40. The summed E-state index contributed by atoms with van der Waals surface area (Å²) in [5.41, 5.74) is 1.00. The first-order valence-corrected chi connectivity index (χ1v) is 6.68. The van der Waals surface area contributed by atoms with Gasteiger partial charge in [0.1, 0.15) is 0 Å². The molecule has 0 unspecified atom stereocenters. The predicted molar refractivity (Wildman–Crippen MR) is 65.4 cm³/mol. The van der Waals surface area contributed by atoms with E-state index >= 15 is 0 Å². The van der Waals surface area contributed by atoms with Crippen molar-refractivity contribution in [2.75, 3.05) is 13.6 Å². The largest absolute Gasteiger partial charge is 0.360 e. The predicted octanol–water partition coefficient (Wildman–Crippen LogP) is 1.77. The van der Waals surface area contributed by atoms with Crippen LogP contribution in [0.25, 0.3) is 0 Å². The van der Waals surface area contributed by atoms with E-state index in [1.807, 2.05) is 7.05 Å². The summed E-state index contributed by atoms with van der Waals surface area (Å²) in [6.07, 6.45) is 5.57. The Morgan fingerprint density at radius 1 is 1.41 bits per heavy atom. The van der Waals surface area contributed by atoms with Gasteiger partial charge in [0.15, 0.2) is 5.76 Å². The molecule has 2 saturated carbocycles. The highest BCUT2D eigenvalue weighted by atomic mass is 16.5. The van der Waals surface area contributed by atoms with E-state index in [0.29, 0.717) is 0 Å². The first-order valence-electron chi connectivity index (χ1n) is 6.68. The fourth-order valence-corrected chi connectivity index (χ4v) is 2.31. The molecule has 94 valence electrons. The molecule has 1 aromatic heterocycles. The summed E-state index contributed by atoms with van der Waals surface area (Å²) in [5, 5.41) is 7.16. The van der Waals surface area contributed by atoms with Gasteiger partial charge in [0.25, 0.3) is 0 Å². The Balaban J connectivity index is 1.57. The average Bonchev–Trinajstić information content (AvgIpc) is 3.20.